The van der Waals surface area contributed by atoms with Crippen LogP contribution in [0.3, 0.4) is 0 Å². The van der Waals surface area contributed by atoms with Gasteiger partial charge in [0.1, 0.15) is 0 Å². The van der Waals surface area contributed by atoms with Crippen LogP contribution in [0, 0.1) is 5.92 Å². The molecule has 1 aromatic heterocycles. The maximum absolute atomic E-state index is 13.1. The fraction of sp³-hybridized carbons (Fsp3) is 0.500. The van der Waals surface area contributed by atoms with Crippen LogP contribution in [0.4, 0.5) is 5.69 Å². The maximum atomic E-state index is 13.1. The van der Waals surface area contributed by atoms with Crippen molar-refractivity contribution in [2.75, 3.05) is 17.6 Å². The van der Waals surface area contributed by atoms with E-state index in [-0.39, 0.29) is 11.8 Å². The van der Waals surface area contributed by atoms with Crippen LogP contribution in [-0.2, 0) is 11.8 Å². The van der Waals surface area contributed by atoms with Crippen molar-refractivity contribution in [2.45, 2.75) is 49.7 Å². The summed E-state index contributed by atoms with van der Waals surface area (Å²) < 4.78 is 1.88. The van der Waals surface area contributed by atoms with Crippen LogP contribution in [-0.4, -0.2) is 44.6 Å². The molecule has 1 saturated carbocycles. The van der Waals surface area contributed by atoms with E-state index < -0.39 is 0 Å². The molecule has 6 nitrogen and oxygen atoms in total. The molecule has 29 heavy (non-hydrogen) atoms. The SMILES string of the molecule is Cn1ccnc1SCC(=O)Nc1ccc(C(=O)N2CCCC3CCCCC32)cc1. The molecule has 0 radical (unpaired) electrons. The Labute approximate surface area is 176 Å². The number of imidazole rings is 1. The van der Waals surface area contributed by atoms with Crippen LogP contribution in [0.2, 0.25) is 0 Å². The van der Waals surface area contributed by atoms with Gasteiger partial charge in [0.25, 0.3) is 5.91 Å². The summed E-state index contributed by atoms with van der Waals surface area (Å²) in [6, 6.07) is 7.71. The molecule has 154 valence electrons. The molecule has 1 N–H and O–H groups in total. The van der Waals surface area contributed by atoms with Crippen molar-refractivity contribution in [1.82, 2.24) is 14.5 Å². The van der Waals surface area contributed by atoms with E-state index in [2.05, 4.69) is 15.2 Å². The van der Waals surface area contributed by atoms with Crippen molar-refractivity contribution in [3.63, 3.8) is 0 Å². The quantitative estimate of drug-likeness (QED) is 0.755. The zero-order chi connectivity index (χ0) is 20.2. The first-order valence-electron chi connectivity index (χ1n) is 10.4. The molecular weight excluding hydrogens is 384 g/mol. The van der Waals surface area contributed by atoms with Crippen LogP contribution in [0.15, 0.2) is 41.8 Å². The number of likely N-dealkylation sites (tertiary alicyclic amines) is 1. The first kappa shape index (κ1) is 20.0. The van der Waals surface area contributed by atoms with Crippen molar-refractivity contribution in [3.05, 3.63) is 42.2 Å². The highest BCUT2D eigenvalue weighted by atomic mass is 32.2. The number of aromatic nitrogens is 2. The number of hydrogen-bond donors (Lipinski definition) is 1. The third kappa shape index (κ3) is 4.66. The Balaban J connectivity index is 1.34. The van der Waals surface area contributed by atoms with Crippen molar-refractivity contribution < 1.29 is 9.59 Å². The van der Waals surface area contributed by atoms with Crippen molar-refractivity contribution >= 4 is 29.3 Å². The number of nitrogens with zero attached hydrogens (tertiary/aromatic N) is 3. The third-order valence-corrected chi connectivity index (χ3v) is 7.09. The van der Waals surface area contributed by atoms with E-state index >= 15 is 0 Å². The molecule has 0 spiro atoms. The number of piperidine rings is 1. The first-order chi connectivity index (χ1) is 14.1. The lowest BCUT2D eigenvalue weighted by Crippen LogP contribution is -2.49. The summed E-state index contributed by atoms with van der Waals surface area (Å²) in [5.41, 5.74) is 1.41. The Bertz CT molecular complexity index is 862. The Kier molecular flexibility index (Phi) is 6.23. The normalized spacial score (nSPS) is 21.5. The molecule has 1 aliphatic carbocycles. The van der Waals surface area contributed by atoms with Gasteiger partial charge in [-0.05, 0) is 55.9 Å². The van der Waals surface area contributed by atoms with Gasteiger partial charge in [0, 0.05) is 43.3 Å². The van der Waals surface area contributed by atoms with Gasteiger partial charge in [0.15, 0.2) is 5.16 Å². The molecule has 2 aromatic rings. The van der Waals surface area contributed by atoms with E-state index in [0.29, 0.717) is 29.0 Å². The number of fused-ring (bicyclic) bond motifs is 1. The summed E-state index contributed by atoms with van der Waals surface area (Å²) >= 11 is 1.40. The Hall–Kier alpha value is -2.28. The van der Waals surface area contributed by atoms with Crippen LogP contribution in [0.25, 0.3) is 0 Å². The van der Waals surface area contributed by atoms with Gasteiger partial charge in [0.2, 0.25) is 5.91 Å². The summed E-state index contributed by atoms with van der Waals surface area (Å²) in [4.78, 5) is 31.6. The average molecular weight is 413 g/mol. The van der Waals surface area contributed by atoms with Crippen LogP contribution < -0.4 is 5.32 Å². The molecular formula is C22H28N4O2S. The standard InChI is InChI=1S/C22H28N4O2S/c1-25-14-12-23-22(25)29-15-20(27)24-18-10-8-17(9-11-18)21(28)26-13-4-6-16-5-2-3-7-19(16)26/h8-12,14,16,19H,2-7,13,15H2,1H3,(H,24,27). The molecule has 4 rings (SSSR count). The van der Waals surface area contributed by atoms with Gasteiger partial charge in [-0.15, -0.1) is 0 Å². The van der Waals surface area contributed by atoms with Crippen LogP contribution >= 0.6 is 11.8 Å². The molecule has 2 unspecified atom stereocenters. The lowest BCUT2D eigenvalue weighted by Gasteiger charge is -2.44. The van der Waals surface area contributed by atoms with Gasteiger partial charge in [0.05, 0.1) is 5.75 Å². The zero-order valence-electron chi connectivity index (χ0n) is 16.8. The minimum Gasteiger partial charge on any atom is -0.335 e. The predicted molar refractivity (Wildman–Crippen MR) is 115 cm³/mol. The largest absolute Gasteiger partial charge is 0.335 e. The molecule has 7 heteroatoms. The number of rotatable bonds is 5. The fourth-order valence-corrected chi connectivity index (χ4v) is 5.29. The molecule has 2 fully saturated rings. The highest BCUT2D eigenvalue weighted by molar-refractivity contribution is 7.99. The smallest absolute Gasteiger partial charge is 0.254 e. The molecule has 1 aliphatic heterocycles. The maximum Gasteiger partial charge on any atom is 0.254 e. The highest BCUT2D eigenvalue weighted by Gasteiger charge is 2.35. The molecule has 1 aromatic carbocycles. The molecule has 1 saturated heterocycles. The third-order valence-electron chi connectivity index (χ3n) is 6.03. The summed E-state index contributed by atoms with van der Waals surface area (Å²) in [6.07, 6.45) is 10.9. The number of hydrogen-bond acceptors (Lipinski definition) is 4. The summed E-state index contributed by atoms with van der Waals surface area (Å²) in [6.45, 7) is 0.864. The number of nitrogens with one attached hydrogen (secondary N) is 1. The number of thioether (sulfide) groups is 1. The van der Waals surface area contributed by atoms with Crippen LogP contribution in [0.1, 0.15) is 48.9 Å². The second-order valence-electron chi connectivity index (χ2n) is 7.99. The van der Waals surface area contributed by atoms with Crippen molar-refractivity contribution in [3.8, 4) is 0 Å². The molecule has 0 bridgehead atoms. The number of amides is 2. The topological polar surface area (TPSA) is 67.2 Å². The zero-order valence-corrected chi connectivity index (χ0v) is 17.7. The number of carbonyl (C=O) groups is 2. The summed E-state index contributed by atoms with van der Waals surface area (Å²) in [7, 11) is 1.90. The fourth-order valence-electron chi connectivity index (χ4n) is 4.56. The lowest BCUT2D eigenvalue weighted by atomic mass is 9.78. The lowest BCUT2D eigenvalue weighted by molar-refractivity contribution is -0.113. The summed E-state index contributed by atoms with van der Waals surface area (Å²) in [5.74, 6) is 1.02. The minimum atomic E-state index is -0.0850. The van der Waals surface area contributed by atoms with Gasteiger partial charge in [-0.3, -0.25) is 9.59 Å². The Morgan fingerprint density at radius 2 is 1.90 bits per heavy atom. The van der Waals surface area contributed by atoms with Crippen molar-refractivity contribution in [2.24, 2.45) is 13.0 Å². The van der Waals surface area contributed by atoms with Crippen molar-refractivity contribution in [1.29, 1.82) is 0 Å². The second-order valence-corrected chi connectivity index (χ2v) is 8.93. The minimum absolute atomic E-state index is 0.0850. The summed E-state index contributed by atoms with van der Waals surface area (Å²) in [5, 5.41) is 3.70. The number of anilines is 1. The van der Waals surface area contributed by atoms with Gasteiger partial charge >= 0.3 is 0 Å². The molecule has 2 heterocycles. The van der Waals surface area contributed by atoms with E-state index in [1.807, 2.05) is 42.1 Å². The van der Waals surface area contributed by atoms with Crippen LogP contribution in [0.5, 0.6) is 0 Å². The molecule has 2 aliphatic rings. The first-order valence-corrected chi connectivity index (χ1v) is 11.4. The Morgan fingerprint density at radius 1 is 1.14 bits per heavy atom. The van der Waals surface area contributed by atoms with Gasteiger partial charge in [-0.25, -0.2) is 4.98 Å². The Morgan fingerprint density at radius 3 is 2.66 bits per heavy atom. The van der Waals surface area contributed by atoms with E-state index in [4.69, 9.17) is 0 Å². The monoisotopic (exact) mass is 412 g/mol. The van der Waals surface area contributed by atoms with Gasteiger partial charge in [-0.1, -0.05) is 24.6 Å². The van der Waals surface area contributed by atoms with E-state index in [9.17, 15) is 9.59 Å². The number of benzene rings is 1. The number of carbonyl (C=O) groups excluding carboxylic acids is 2. The highest BCUT2D eigenvalue weighted by Crippen LogP contribution is 2.36. The van der Waals surface area contributed by atoms with E-state index in [1.165, 1.54) is 37.4 Å². The molecule has 2 atom stereocenters. The van der Waals surface area contributed by atoms with E-state index in [0.717, 1.165) is 24.5 Å². The van der Waals surface area contributed by atoms with Gasteiger partial charge < -0.3 is 14.8 Å². The molecule has 2 amide bonds. The second kappa shape index (κ2) is 9.03. The van der Waals surface area contributed by atoms with E-state index in [1.54, 1.807) is 6.20 Å². The average Bonchev–Trinajstić information content (AvgIpc) is 3.16. The van der Waals surface area contributed by atoms with Gasteiger partial charge in [-0.2, -0.15) is 0 Å². The predicted octanol–water partition coefficient (Wildman–Crippen LogP) is 3.95. The number of aryl methyl sites for hydroxylation is 1.